The van der Waals surface area contributed by atoms with E-state index in [-0.39, 0.29) is 11.5 Å². The van der Waals surface area contributed by atoms with E-state index in [0.717, 1.165) is 17.7 Å². The van der Waals surface area contributed by atoms with Crippen molar-refractivity contribution in [1.82, 2.24) is 0 Å². The second kappa shape index (κ2) is 7.57. The molecule has 0 amide bonds. The molecule has 144 valence electrons. The maximum absolute atomic E-state index is 13.4. The monoisotopic (exact) mass is 384 g/mol. The Bertz CT molecular complexity index is 1190. The largest absolute Gasteiger partial charge is 0.491 e. The van der Waals surface area contributed by atoms with Gasteiger partial charge in [-0.1, -0.05) is 60.7 Å². The second-order valence-electron chi connectivity index (χ2n) is 7.18. The number of hydrogen-bond acceptors (Lipinski definition) is 4. The van der Waals surface area contributed by atoms with Crippen LogP contribution in [-0.2, 0) is 11.2 Å². The molecule has 1 saturated heterocycles. The SMILES string of the molecule is O=c1c(-c2ccccc2)c(Cc2ccccc2)oc2cc(OCC3CO3)ccc12. The average Bonchev–Trinajstić information content (AvgIpc) is 3.58. The van der Waals surface area contributed by atoms with Gasteiger partial charge in [0, 0.05) is 12.5 Å². The lowest BCUT2D eigenvalue weighted by molar-refractivity contribution is 0.263. The van der Waals surface area contributed by atoms with E-state index in [1.165, 1.54) is 0 Å². The first kappa shape index (κ1) is 17.7. The molecule has 4 heteroatoms. The first-order valence-electron chi connectivity index (χ1n) is 9.71. The van der Waals surface area contributed by atoms with Gasteiger partial charge in [-0.25, -0.2) is 0 Å². The average molecular weight is 384 g/mol. The quantitative estimate of drug-likeness (QED) is 0.447. The number of ether oxygens (including phenoxy) is 2. The van der Waals surface area contributed by atoms with Gasteiger partial charge >= 0.3 is 0 Å². The van der Waals surface area contributed by atoms with Crippen LogP contribution in [0.15, 0.2) is 88.1 Å². The normalized spacial score (nSPS) is 15.4. The molecule has 2 heterocycles. The summed E-state index contributed by atoms with van der Waals surface area (Å²) in [6, 6.07) is 25.1. The fraction of sp³-hybridized carbons (Fsp3) is 0.160. The molecule has 3 aromatic carbocycles. The summed E-state index contributed by atoms with van der Waals surface area (Å²) in [5.74, 6) is 1.33. The van der Waals surface area contributed by atoms with Crippen molar-refractivity contribution in [3.63, 3.8) is 0 Å². The molecular weight excluding hydrogens is 364 g/mol. The highest BCUT2D eigenvalue weighted by molar-refractivity contribution is 5.84. The Balaban J connectivity index is 1.63. The van der Waals surface area contributed by atoms with Crippen molar-refractivity contribution < 1.29 is 13.9 Å². The molecule has 1 aromatic heterocycles. The highest BCUT2D eigenvalue weighted by atomic mass is 16.6. The van der Waals surface area contributed by atoms with Crippen molar-refractivity contribution in [1.29, 1.82) is 0 Å². The van der Waals surface area contributed by atoms with Crippen LogP contribution in [0.4, 0.5) is 0 Å². The molecule has 5 rings (SSSR count). The molecular formula is C25H20O4. The van der Waals surface area contributed by atoms with E-state index in [2.05, 4.69) is 0 Å². The summed E-state index contributed by atoms with van der Waals surface area (Å²) >= 11 is 0. The molecule has 0 bridgehead atoms. The molecule has 1 atom stereocenters. The smallest absolute Gasteiger partial charge is 0.200 e. The van der Waals surface area contributed by atoms with Crippen LogP contribution in [0.25, 0.3) is 22.1 Å². The lowest BCUT2D eigenvalue weighted by Gasteiger charge is -2.12. The standard InChI is InChI=1S/C25H20O4/c26-25-21-12-11-19(27-15-20-16-28-20)14-22(21)29-23(13-17-7-3-1-4-8-17)24(25)18-9-5-2-6-10-18/h1-12,14,20H,13,15-16H2. The Kier molecular flexibility index (Phi) is 4.62. The zero-order valence-corrected chi connectivity index (χ0v) is 15.8. The minimum absolute atomic E-state index is 0.0274. The zero-order chi connectivity index (χ0) is 19.6. The zero-order valence-electron chi connectivity index (χ0n) is 15.8. The van der Waals surface area contributed by atoms with Gasteiger partial charge in [0.1, 0.15) is 29.8 Å². The second-order valence-corrected chi connectivity index (χ2v) is 7.18. The molecule has 1 aliphatic heterocycles. The summed E-state index contributed by atoms with van der Waals surface area (Å²) in [5.41, 5.74) is 3.07. The molecule has 0 radical (unpaired) electrons. The lowest BCUT2D eigenvalue weighted by atomic mass is 9.98. The maximum atomic E-state index is 13.4. The van der Waals surface area contributed by atoms with Gasteiger partial charge in [0.15, 0.2) is 0 Å². The third-order valence-electron chi connectivity index (χ3n) is 5.04. The third-order valence-corrected chi connectivity index (χ3v) is 5.04. The predicted octanol–water partition coefficient (Wildman–Crippen LogP) is 4.83. The molecule has 1 aliphatic rings. The molecule has 0 saturated carbocycles. The van der Waals surface area contributed by atoms with Gasteiger partial charge in [-0.05, 0) is 23.3 Å². The van der Waals surface area contributed by atoms with Crippen molar-refractivity contribution in [3.8, 4) is 16.9 Å². The van der Waals surface area contributed by atoms with Gasteiger partial charge in [0.2, 0.25) is 5.43 Å². The van der Waals surface area contributed by atoms with Crippen molar-refractivity contribution in [3.05, 3.63) is 100 Å². The van der Waals surface area contributed by atoms with E-state index in [4.69, 9.17) is 13.9 Å². The Morgan fingerprint density at radius 3 is 2.38 bits per heavy atom. The summed E-state index contributed by atoms with van der Waals surface area (Å²) in [6.07, 6.45) is 0.712. The molecule has 29 heavy (non-hydrogen) atoms. The number of fused-ring (bicyclic) bond motifs is 1. The van der Waals surface area contributed by atoms with Crippen LogP contribution in [0.3, 0.4) is 0 Å². The van der Waals surface area contributed by atoms with Gasteiger partial charge < -0.3 is 13.9 Å². The van der Waals surface area contributed by atoms with Crippen molar-refractivity contribution >= 4 is 11.0 Å². The number of epoxide rings is 1. The molecule has 4 aromatic rings. The maximum Gasteiger partial charge on any atom is 0.200 e. The van der Waals surface area contributed by atoms with Gasteiger partial charge in [-0.15, -0.1) is 0 Å². The van der Waals surface area contributed by atoms with Crippen LogP contribution in [0.5, 0.6) is 5.75 Å². The molecule has 1 fully saturated rings. The van der Waals surface area contributed by atoms with E-state index in [9.17, 15) is 4.79 Å². The van der Waals surface area contributed by atoms with Gasteiger partial charge in [-0.3, -0.25) is 4.79 Å². The van der Waals surface area contributed by atoms with Gasteiger partial charge in [-0.2, -0.15) is 0 Å². The van der Waals surface area contributed by atoms with E-state index in [1.54, 1.807) is 12.1 Å². The summed E-state index contributed by atoms with van der Waals surface area (Å²) in [5, 5.41) is 0.552. The Morgan fingerprint density at radius 1 is 0.931 bits per heavy atom. The molecule has 0 N–H and O–H groups in total. The summed E-state index contributed by atoms with van der Waals surface area (Å²) in [7, 11) is 0. The van der Waals surface area contributed by atoms with Crippen LogP contribution in [0.1, 0.15) is 11.3 Å². The fourth-order valence-corrected chi connectivity index (χ4v) is 3.47. The van der Waals surface area contributed by atoms with E-state index < -0.39 is 0 Å². The fourth-order valence-electron chi connectivity index (χ4n) is 3.47. The van der Waals surface area contributed by atoms with E-state index in [1.807, 2.05) is 66.7 Å². The first-order chi connectivity index (χ1) is 14.3. The number of benzene rings is 3. The summed E-state index contributed by atoms with van der Waals surface area (Å²) in [6.45, 7) is 1.25. The minimum Gasteiger partial charge on any atom is -0.491 e. The number of rotatable bonds is 6. The predicted molar refractivity (Wildman–Crippen MR) is 112 cm³/mol. The Morgan fingerprint density at radius 2 is 1.66 bits per heavy atom. The van der Waals surface area contributed by atoms with Crippen LogP contribution in [0, 0.1) is 0 Å². The highest BCUT2D eigenvalue weighted by Gasteiger charge is 2.23. The molecule has 0 spiro atoms. The highest BCUT2D eigenvalue weighted by Crippen LogP contribution is 2.28. The Labute approximate surface area is 168 Å². The van der Waals surface area contributed by atoms with Gasteiger partial charge in [0.05, 0.1) is 17.6 Å². The molecule has 0 aliphatic carbocycles. The van der Waals surface area contributed by atoms with Crippen LogP contribution < -0.4 is 10.2 Å². The van der Waals surface area contributed by atoms with Crippen LogP contribution in [-0.4, -0.2) is 19.3 Å². The summed E-state index contributed by atoms with van der Waals surface area (Å²) < 4.78 is 17.2. The van der Waals surface area contributed by atoms with Crippen LogP contribution in [0.2, 0.25) is 0 Å². The molecule has 1 unspecified atom stereocenters. The number of hydrogen-bond donors (Lipinski definition) is 0. The third kappa shape index (κ3) is 3.80. The minimum atomic E-state index is -0.0274. The summed E-state index contributed by atoms with van der Waals surface area (Å²) in [4.78, 5) is 13.4. The topological polar surface area (TPSA) is 52.0 Å². The Hall–Kier alpha value is -3.37. The van der Waals surface area contributed by atoms with Crippen LogP contribution >= 0.6 is 0 Å². The lowest BCUT2D eigenvalue weighted by Crippen LogP contribution is -2.10. The van der Waals surface area contributed by atoms with E-state index >= 15 is 0 Å². The first-order valence-corrected chi connectivity index (χ1v) is 9.71. The van der Waals surface area contributed by atoms with Crippen molar-refractivity contribution in [2.75, 3.05) is 13.2 Å². The van der Waals surface area contributed by atoms with Gasteiger partial charge in [0.25, 0.3) is 0 Å². The van der Waals surface area contributed by atoms with Crippen molar-refractivity contribution in [2.45, 2.75) is 12.5 Å². The van der Waals surface area contributed by atoms with Crippen molar-refractivity contribution in [2.24, 2.45) is 0 Å². The molecule has 4 nitrogen and oxygen atoms in total. The van der Waals surface area contributed by atoms with E-state index in [0.29, 0.717) is 41.1 Å².